The zero-order valence-corrected chi connectivity index (χ0v) is 22.5. The van der Waals surface area contributed by atoms with Crippen LogP contribution in [0.5, 0.6) is 0 Å². The summed E-state index contributed by atoms with van der Waals surface area (Å²) in [6.07, 6.45) is 3.24. The molecule has 2 aliphatic rings. The van der Waals surface area contributed by atoms with Gasteiger partial charge in [-0.15, -0.1) is 0 Å². The molecule has 1 atom stereocenters. The Morgan fingerprint density at radius 1 is 1.05 bits per heavy atom. The van der Waals surface area contributed by atoms with Crippen molar-refractivity contribution in [3.05, 3.63) is 82.8 Å². The van der Waals surface area contributed by atoms with Crippen molar-refractivity contribution in [2.24, 2.45) is 5.16 Å². The number of nitrogens with zero attached hydrogens (tertiary/aromatic N) is 2. The zero-order chi connectivity index (χ0) is 26.6. The summed E-state index contributed by atoms with van der Waals surface area (Å²) in [7, 11) is 0. The normalized spacial score (nSPS) is 17.7. The van der Waals surface area contributed by atoms with Crippen molar-refractivity contribution in [3.8, 4) is 0 Å². The van der Waals surface area contributed by atoms with Gasteiger partial charge < -0.3 is 24.8 Å². The van der Waals surface area contributed by atoms with E-state index in [1.807, 2.05) is 36.4 Å². The van der Waals surface area contributed by atoms with E-state index < -0.39 is 10.7 Å². The molecule has 0 aliphatic carbocycles. The number of oxime groups is 1. The van der Waals surface area contributed by atoms with E-state index >= 15 is 0 Å². The van der Waals surface area contributed by atoms with Crippen LogP contribution in [-0.4, -0.2) is 41.5 Å². The summed E-state index contributed by atoms with van der Waals surface area (Å²) < 4.78 is 5.20. The molecule has 11 heteroatoms. The van der Waals surface area contributed by atoms with E-state index in [0.717, 1.165) is 48.5 Å². The highest BCUT2D eigenvalue weighted by atomic mass is 35.5. The molecular weight excluding hydrogens is 551 g/mol. The number of hydrogen-bond acceptors (Lipinski definition) is 6. The first kappa shape index (κ1) is 26.4. The van der Waals surface area contributed by atoms with E-state index in [-0.39, 0.29) is 18.1 Å². The number of anilines is 2. The Bertz CT molecular complexity index is 1340. The van der Waals surface area contributed by atoms with Crippen LogP contribution >= 0.6 is 34.8 Å². The lowest BCUT2D eigenvalue weighted by atomic mass is 9.97. The zero-order valence-electron chi connectivity index (χ0n) is 20.2. The predicted octanol–water partition coefficient (Wildman–Crippen LogP) is 5.94. The second-order valence-electron chi connectivity index (χ2n) is 9.10. The number of piperidine rings is 1. The molecule has 38 heavy (non-hydrogen) atoms. The molecule has 2 N–H and O–H groups in total. The third kappa shape index (κ3) is 5.93. The van der Waals surface area contributed by atoms with Gasteiger partial charge in [-0.3, -0.25) is 9.59 Å². The molecule has 198 valence electrons. The third-order valence-electron chi connectivity index (χ3n) is 6.59. The van der Waals surface area contributed by atoms with Crippen molar-refractivity contribution < 1.29 is 18.8 Å². The minimum atomic E-state index is -1.16. The standard InChI is InChI=1S/C27H25Cl3N4O4/c28-19-6-2-7-21(34-11-9-17(10-12-34)31-26(35)22-8-3-13-37-22)24(19)20-15-23(38-33-20)16-4-1-5-18(14-16)32-27(36)25(29)30/h1-8,13-14,17,23,25H,9-12,15H2,(H,31,35)(H,32,36). The van der Waals surface area contributed by atoms with Gasteiger partial charge in [-0.05, 0) is 54.8 Å². The van der Waals surface area contributed by atoms with Crippen LogP contribution in [0.1, 0.15) is 47.0 Å². The van der Waals surface area contributed by atoms with Crippen LogP contribution in [-0.2, 0) is 9.63 Å². The summed E-state index contributed by atoms with van der Waals surface area (Å²) in [6, 6.07) is 16.5. The molecule has 1 saturated heterocycles. The molecule has 1 fully saturated rings. The number of furan rings is 1. The Morgan fingerprint density at radius 2 is 1.84 bits per heavy atom. The van der Waals surface area contributed by atoms with Crippen LogP contribution in [0.4, 0.5) is 11.4 Å². The SMILES string of the molecule is O=C(NC1CCN(c2cccc(Cl)c2C2=NOC(c3cccc(NC(=O)C(Cl)Cl)c3)C2)CC1)c1ccco1. The third-order valence-corrected chi connectivity index (χ3v) is 7.30. The smallest absolute Gasteiger partial charge is 0.287 e. The minimum Gasteiger partial charge on any atom is -0.459 e. The molecular formula is C27H25Cl3N4O4. The first-order valence-electron chi connectivity index (χ1n) is 12.2. The second-order valence-corrected chi connectivity index (χ2v) is 10.6. The van der Waals surface area contributed by atoms with E-state index in [1.165, 1.54) is 6.26 Å². The molecule has 5 rings (SSSR count). The highest BCUT2D eigenvalue weighted by Crippen LogP contribution is 2.37. The fourth-order valence-electron chi connectivity index (χ4n) is 4.71. The van der Waals surface area contributed by atoms with Gasteiger partial charge in [-0.1, -0.05) is 58.2 Å². The van der Waals surface area contributed by atoms with Gasteiger partial charge in [0.2, 0.25) is 0 Å². The average molecular weight is 576 g/mol. The Morgan fingerprint density at radius 3 is 2.58 bits per heavy atom. The van der Waals surface area contributed by atoms with Gasteiger partial charge in [0, 0.05) is 42.5 Å². The van der Waals surface area contributed by atoms with Crippen molar-refractivity contribution in [2.75, 3.05) is 23.3 Å². The summed E-state index contributed by atoms with van der Waals surface area (Å²) in [6.45, 7) is 1.50. The Labute approximate surface area is 234 Å². The van der Waals surface area contributed by atoms with Gasteiger partial charge in [0.1, 0.15) is 0 Å². The quantitative estimate of drug-likeness (QED) is 0.340. The average Bonchev–Trinajstić information content (AvgIpc) is 3.62. The van der Waals surface area contributed by atoms with Crippen molar-refractivity contribution in [1.82, 2.24) is 5.32 Å². The molecule has 8 nitrogen and oxygen atoms in total. The lowest BCUT2D eigenvalue weighted by Gasteiger charge is -2.35. The van der Waals surface area contributed by atoms with E-state index in [2.05, 4.69) is 20.7 Å². The molecule has 1 unspecified atom stereocenters. The topological polar surface area (TPSA) is 96.2 Å². The number of carbonyl (C=O) groups excluding carboxylic acids is 2. The molecule has 0 spiro atoms. The maximum Gasteiger partial charge on any atom is 0.287 e. The van der Waals surface area contributed by atoms with E-state index in [4.69, 9.17) is 44.1 Å². The molecule has 2 amide bonds. The Balaban J connectivity index is 1.26. The van der Waals surface area contributed by atoms with Gasteiger partial charge in [0.15, 0.2) is 16.7 Å². The van der Waals surface area contributed by atoms with E-state index in [0.29, 0.717) is 22.9 Å². The molecule has 3 heterocycles. The number of alkyl halides is 2. The van der Waals surface area contributed by atoms with Crippen LogP contribution in [0.15, 0.2) is 70.4 Å². The minimum absolute atomic E-state index is 0.0590. The number of amides is 2. The summed E-state index contributed by atoms with van der Waals surface area (Å²) in [5.41, 5.74) is 3.99. The molecule has 3 aromatic rings. The molecule has 2 aliphatic heterocycles. The first-order valence-corrected chi connectivity index (χ1v) is 13.4. The van der Waals surface area contributed by atoms with Crippen molar-refractivity contribution in [3.63, 3.8) is 0 Å². The summed E-state index contributed by atoms with van der Waals surface area (Å²) in [4.78, 5) is 31.1. The largest absolute Gasteiger partial charge is 0.459 e. The van der Waals surface area contributed by atoms with Gasteiger partial charge in [0.05, 0.1) is 17.0 Å². The maximum absolute atomic E-state index is 12.4. The number of benzene rings is 2. The second kappa shape index (κ2) is 11.7. The highest BCUT2D eigenvalue weighted by Gasteiger charge is 2.30. The molecule has 0 bridgehead atoms. The van der Waals surface area contributed by atoms with Crippen molar-refractivity contribution >= 4 is 63.7 Å². The Hall–Kier alpha value is -3.20. The number of hydrogen-bond donors (Lipinski definition) is 2. The lowest BCUT2D eigenvalue weighted by molar-refractivity contribution is -0.114. The van der Waals surface area contributed by atoms with Crippen LogP contribution < -0.4 is 15.5 Å². The van der Waals surface area contributed by atoms with E-state index in [1.54, 1.807) is 18.2 Å². The fraction of sp³-hybridized carbons (Fsp3) is 0.296. The molecule has 2 aromatic carbocycles. The maximum atomic E-state index is 12.4. The van der Waals surface area contributed by atoms with Crippen LogP contribution in [0.2, 0.25) is 5.02 Å². The number of rotatable bonds is 7. The molecule has 0 radical (unpaired) electrons. The highest BCUT2D eigenvalue weighted by molar-refractivity contribution is 6.54. The van der Waals surface area contributed by atoms with Crippen LogP contribution in [0.25, 0.3) is 0 Å². The van der Waals surface area contributed by atoms with E-state index in [9.17, 15) is 9.59 Å². The number of carbonyl (C=O) groups is 2. The number of nitrogens with one attached hydrogen (secondary N) is 2. The predicted molar refractivity (Wildman–Crippen MR) is 148 cm³/mol. The number of halogens is 3. The Kier molecular flexibility index (Phi) is 8.12. The van der Waals surface area contributed by atoms with Gasteiger partial charge in [0.25, 0.3) is 11.8 Å². The summed E-state index contributed by atoms with van der Waals surface area (Å²) in [5, 5.41) is 10.7. The van der Waals surface area contributed by atoms with Gasteiger partial charge >= 0.3 is 0 Å². The summed E-state index contributed by atoms with van der Waals surface area (Å²) >= 11 is 18.0. The van der Waals surface area contributed by atoms with Crippen LogP contribution in [0.3, 0.4) is 0 Å². The summed E-state index contributed by atoms with van der Waals surface area (Å²) in [5.74, 6) is -0.387. The van der Waals surface area contributed by atoms with Gasteiger partial charge in [-0.25, -0.2) is 0 Å². The first-order chi connectivity index (χ1) is 18.4. The lowest BCUT2D eigenvalue weighted by Crippen LogP contribution is -2.45. The molecule has 0 saturated carbocycles. The van der Waals surface area contributed by atoms with Crippen LogP contribution in [0, 0.1) is 0 Å². The fourth-order valence-corrected chi connectivity index (χ4v) is 5.10. The van der Waals surface area contributed by atoms with Gasteiger partial charge in [-0.2, -0.15) is 0 Å². The monoisotopic (exact) mass is 574 g/mol. The van der Waals surface area contributed by atoms with Crippen molar-refractivity contribution in [1.29, 1.82) is 0 Å². The molecule has 1 aromatic heterocycles. The van der Waals surface area contributed by atoms with Crippen molar-refractivity contribution in [2.45, 2.75) is 36.2 Å².